The van der Waals surface area contributed by atoms with Gasteiger partial charge in [-0.25, -0.2) is 0 Å². The van der Waals surface area contributed by atoms with Crippen LogP contribution in [0, 0.1) is 11.8 Å². The molecule has 0 bridgehead atoms. The molecule has 1 aliphatic carbocycles. The molecule has 4 aromatic rings. The lowest BCUT2D eigenvalue weighted by Gasteiger charge is -2.30. The molecule has 0 unspecified atom stereocenters. The SMILES string of the molecule is O=C1CCC[C@@H](C(C(=O)OC(c2ccccc2)c2ccccc2)C(=O)OC(c2ccccc2)c2ccccc2)C1. The summed E-state index contributed by atoms with van der Waals surface area (Å²) in [6.45, 7) is 0. The highest BCUT2D eigenvalue weighted by molar-refractivity contribution is 5.96. The molecule has 0 aliphatic heterocycles. The number of hydrogen-bond acceptors (Lipinski definition) is 5. The van der Waals surface area contributed by atoms with E-state index in [0.29, 0.717) is 19.3 Å². The molecule has 0 amide bonds. The van der Waals surface area contributed by atoms with Gasteiger partial charge in [-0.05, 0) is 41.0 Å². The molecular formula is C35H32O5. The highest BCUT2D eigenvalue weighted by Gasteiger charge is 2.42. The van der Waals surface area contributed by atoms with Crippen LogP contribution in [0.25, 0.3) is 0 Å². The van der Waals surface area contributed by atoms with E-state index in [2.05, 4.69) is 0 Å². The van der Waals surface area contributed by atoms with Crippen LogP contribution in [0.4, 0.5) is 0 Å². The van der Waals surface area contributed by atoms with Crippen molar-refractivity contribution in [2.45, 2.75) is 37.9 Å². The first-order valence-corrected chi connectivity index (χ1v) is 13.7. The van der Waals surface area contributed by atoms with Gasteiger partial charge in [0.1, 0.15) is 5.78 Å². The number of hydrogen-bond donors (Lipinski definition) is 0. The summed E-state index contributed by atoms with van der Waals surface area (Å²) in [7, 11) is 0. The van der Waals surface area contributed by atoms with Crippen LogP contribution in [0.3, 0.4) is 0 Å². The minimum Gasteiger partial charge on any atom is -0.452 e. The van der Waals surface area contributed by atoms with Crippen LogP contribution >= 0.6 is 0 Å². The smallest absolute Gasteiger partial charge is 0.321 e. The van der Waals surface area contributed by atoms with Crippen LogP contribution in [-0.2, 0) is 23.9 Å². The Morgan fingerprint density at radius 3 is 1.25 bits per heavy atom. The average molecular weight is 533 g/mol. The number of ketones is 1. The largest absolute Gasteiger partial charge is 0.452 e. The summed E-state index contributed by atoms with van der Waals surface area (Å²) < 4.78 is 12.3. The number of benzene rings is 4. The summed E-state index contributed by atoms with van der Waals surface area (Å²) in [4.78, 5) is 40.4. The van der Waals surface area contributed by atoms with Crippen LogP contribution in [0.1, 0.15) is 60.1 Å². The van der Waals surface area contributed by atoms with Crippen LogP contribution in [0.15, 0.2) is 121 Å². The lowest BCUT2D eigenvalue weighted by atomic mass is 9.79. The van der Waals surface area contributed by atoms with Gasteiger partial charge in [0.2, 0.25) is 0 Å². The molecule has 1 atom stereocenters. The molecular weight excluding hydrogens is 500 g/mol. The fourth-order valence-corrected chi connectivity index (χ4v) is 5.37. The summed E-state index contributed by atoms with van der Waals surface area (Å²) in [5.74, 6) is -3.02. The molecule has 202 valence electrons. The minimum atomic E-state index is -1.23. The van der Waals surface area contributed by atoms with E-state index in [1.807, 2.05) is 121 Å². The van der Waals surface area contributed by atoms with Crippen LogP contribution < -0.4 is 0 Å². The molecule has 0 radical (unpaired) electrons. The molecule has 0 spiro atoms. The maximum Gasteiger partial charge on any atom is 0.321 e. The van der Waals surface area contributed by atoms with Crippen molar-refractivity contribution in [1.82, 2.24) is 0 Å². The van der Waals surface area contributed by atoms with E-state index in [1.165, 1.54) is 0 Å². The van der Waals surface area contributed by atoms with Crippen molar-refractivity contribution in [2.75, 3.05) is 0 Å². The van der Waals surface area contributed by atoms with Gasteiger partial charge in [-0.3, -0.25) is 14.4 Å². The maximum atomic E-state index is 14.0. The van der Waals surface area contributed by atoms with Crippen molar-refractivity contribution in [2.24, 2.45) is 11.8 Å². The van der Waals surface area contributed by atoms with E-state index in [0.717, 1.165) is 22.3 Å². The fraction of sp³-hybridized carbons (Fsp3) is 0.229. The Labute approximate surface area is 234 Å². The monoisotopic (exact) mass is 532 g/mol. The second kappa shape index (κ2) is 13.0. The molecule has 0 N–H and O–H groups in total. The number of esters is 2. The first-order chi connectivity index (χ1) is 19.6. The Morgan fingerprint density at radius 2 is 0.925 bits per heavy atom. The van der Waals surface area contributed by atoms with E-state index >= 15 is 0 Å². The lowest BCUT2D eigenvalue weighted by molar-refractivity contribution is -0.170. The van der Waals surface area contributed by atoms with Crippen molar-refractivity contribution < 1.29 is 23.9 Å². The highest BCUT2D eigenvalue weighted by Crippen LogP contribution is 2.35. The molecule has 0 heterocycles. The molecule has 40 heavy (non-hydrogen) atoms. The van der Waals surface area contributed by atoms with Crippen molar-refractivity contribution in [3.63, 3.8) is 0 Å². The first-order valence-electron chi connectivity index (χ1n) is 13.7. The zero-order valence-electron chi connectivity index (χ0n) is 22.2. The fourth-order valence-electron chi connectivity index (χ4n) is 5.37. The van der Waals surface area contributed by atoms with Crippen LogP contribution in [-0.4, -0.2) is 17.7 Å². The van der Waals surface area contributed by atoms with Gasteiger partial charge >= 0.3 is 11.9 Å². The summed E-state index contributed by atoms with van der Waals surface area (Å²) in [6.07, 6.45) is 0.399. The highest BCUT2D eigenvalue weighted by atomic mass is 16.6. The quantitative estimate of drug-likeness (QED) is 0.171. The number of carbonyl (C=O) groups excluding carboxylic acids is 3. The van der Waals surface area contributed by atoms with E-state index in [-0.39, 0.29) is 12.2 Å². The Morgan fingerprint density at radius 1 is 0.575 bits per heavy atom. The molecule has 0 aromatic heterocycles. The maximum absolute atomic E-state index is 14.0. The van der Waals surface area contributed by atoms with Gasteiger partial charge in [0, 0.05) is 12.8 Å². The van der Waals surface area contributed by atoms with Gasteiger partial charge in [0.15, 0.2) is 18.1 Å². The Kier molecular flexibility index (Phi) is 8.82. The minimum absolute atomic E-state index is 0.0483. The van der Waals surface area contributed by atoms with Crippen molar-refractivity contribution >= 4 is 17.7 Å². The van der Waals surface area contributed by atoms with Crippen molar-refractivity contribution in [3.05, 3.63) is 144 Å². The predicted octanol–water partition coefficient (Wildman–Crippen LogP) is 7.03. The van der Waals surface area contributed by atoms with Gasteiger partial charge in [-0.2, -0.15) is 0 Å². The summed E-state index contributed by atoms with van der Waals surface area (Å²) >= 11 is 0. The van der Waals surface area contributed by atoms with Gasteiger partial charge in [-0.15, -0.1) is 0 Å². The third-order valence-corrected chi connectivity index (χ3v) is 7.38. The topological polar surface area (TPSA) is 69.7 Å². The first kappa shape index (κ1) is 27.1. The molecule has 5 rings (SSSR count). The summed E-state index contributed by atoms with van der Waals surface area (Å²) in [6, 6.07) is 37.8. The van der Waals surface area contributed by atoms with Crippen molar-refractivity contribution in [1.29, 1.82) is 0 Å². The second-order valence-electron chi connectivity index (χ2n) is 10.1. The molecule has 0 saturated heterocycles. The Bertz CT molecular complexity index is 1230. The second-order valence-corrected chi connectivity index (χ2v) is 10.1. The third-order valence-electron chi connectivity index (χ3n) is 7.38. The van der Waals surface area contributed by atoms with Gasteiger partial charge in [0.05, 0.1) is 0 Å². The zero-order chi connectivity index (χ0) is 27.7. The lowest BCUT2D eigenvalue weighted by Crippen LogP contribution is -2.38. The standard InChI is InChI=1S/C35H32O5/c36-30-23-13-22-29(24-30)31(34(37)39-32(25-14-5-1-6-15-25)26-16-7-2-8-17-26)35(38)40-33(27-18-9-3-10-19-27)28-20-11-4-12-21-28/h1-12,14-21,29,31-33H,13,22-24H2/t29-/m1/s1. The van der Waals surface area contributed by atoms with Crippen LogP contribution in [0.2, 0.25) is 0 Å². The number of Topliss-reactive ketones (excluding diaryl/α,β-unsaturated/α-hetero) is 1. The molecule has 5 nitrogen and oxygen atoms in total. The number of ether oxygens (including phenoxy) is 2. The van der Waals surface area contributed by atoms with E-state index in [1.54, 1.807) is 0 Å². The third kappa shape index (κ3) is 6.55. The zero-order valence-corrected chi connectivity index (χ0v) is 22.2. The molecule has 1 fully saturated rings. The number of rotatable bonds is 9. The average Bonchev–Trinajstić information content (AvgIpc) is 3.00. The Balaban J connectivity index is 1.47. The van der Waals surface area contributed by atoms with Gasteiger partial charge < -0.3 is 9.47 Å². The molecule has 5 heteroatoms. The van der Waals surface area contributed by atoms with Crippen molar-refractivity contribution in [3.8, 4) is 0 Å². The Hall–Kier alpha value is -4.51. The molecule has 1 aliphatic rings. The molecule has 1 saturated carbocycles. The van der Waals surface area contributed by atoms with E-state index in [9.17, 15) is 14.4 Å². The van der Waals surface area contributed by atoms with Crippen LogP contribution in [0.5, 0.6) is 0 Å². The molecule has 4 aromatic carbocycles. The normalized spacial score (nSPS) is 15.3. The van der Waals surface area contributed by atoms with Gasteiger partial charge in [0.25, 0.3) is 0 Å². The summed E-state index contributed by atoms with van der Waals surface area (Å²) in [5.41, 5.74) is 3.17. The summed E-state index contributed by atoms with van der Waals surface area (Å²) in [5, 5.41) is 0. The van der Waals surface area contributed by atoms with E-state index < -0.39 is 36.0 Å². The van der Waals surface area contributed by atoms with Gasteiger partial charge in [-0.1, -0.05) is 121 Å². The number of carbonyl (C=O) groups is 3. The predicted molar refractivity (Wildman–Crippen MR) is 152 cm³/mol. The van der Waals surface area contributed by atoms with E-state index in [4.69, 9.17) is 9.47 Å².